The van der Waals surface area contributed by atoms with Gasteiger partial charge in [0.25, 0.3) is 0 Å². The first-order chi connectivity index (χ1) is 7.37. The Morgan fingerprint density at radius 1 is 1.25 bits per heavy atom. The van der Waals surface area contributed by atoms with Crippen LogP contribution in [0.25, 0.3) is 0 Å². The van der Waals surface area contributed by atoms with Crippen LogP contribution in [0.5, 0.6) is 0 Å². The average Bonchev–Trinajstić information content (AvgIpc) is 2.15. The first-order valence-corrected chi connectivity index (χ1v) is 5.84. The van der Waals surface area contributed by atoms with Crippen LogP contribution in [0.4, 0.5) is 13.2 Å². The SMILES string of the molecule is CCCCCN(C)C(C)CNCC(F)(F)F. The fraction of sp³-hybridized carbons (Fsp3) is 1.00. The van der Waals surface area contributed by atoms with E-state index in [0.717, 1.165) is 19.4 Å². The molecule has 0 saturated heterocycles. The van der Waals surface area contributed by atoms with E-state index >= 15 is 0 Å². The summed E-state index contributed by atoms with van der Waals surface area (Å²) in [5.74, 6) is 0. The van der Waals surface area contributed by atoms with Crippen LogP contribution >= 0.6 is 0 Å². The van der Waals surface area contributed by atoms with E-state index in [4.69, 9.17) is 0 Å². The molecule has 0 saturated carbocycles. The predicted octanol–water partition coefficient (Wildman–Crippen LogP) is 2.65. The molecule has 1 unspecified atom stereocenters. The van der Waals surface area contributed by atoms with Crippen molar-refractivity contribution in [3.8, 4) is 0 Å². The number of nitrogens with zero attached hydrogens (tertiary/aromatic N) is 1. The third-order valence-corrected chi connectivity index (χ3v) is 2.63. The number of alkyl halides is 3. The Balaban J connectivity index is 3.58. The second kappa shape index (κ2) is 7.90. The third kappa shape index (κ3) is 8.97. The minimum Gasteiger partial charge on any atom is -0.307 e. The minimum absolute atomic E-state index is 0.138. The molecule has 0 fully saturated rings. The van der Waals surface area contributed by atoms with Crippen LogP contribution in [-0.4, -0.2) is 43.8 Å². The number of hydrogen-bond donors (Lipinski definition) is 1. The topological polar surface area (TPSA) is 15.3 Å². The van der Waals surface area contributed by atoms with Gasteiger partial charge in [-0.1, -0.05) is 19.8 Å². The van der Waals surface area contributed by atoms with E-state index in [-0.39, 0.29) is 6.04 Å². The van der Waals surface area contributed by atoms with Crippen LogP contribution in [0.15, 0.2) is 0 Å². The number of likely N-dealkylation sites (N-methyl/N-ethyl adjacent to an activating group) is 1. The zero-order chi connectivity index (χ0) is 12.6. The summed E-state index contributed by atoms with van der Waals surface area (Å²) < 4.78 is 35.6. The highest BCUT2D eigenvalue weighted by molar-refractivity contribution is 4.67. The third-order valence-electron chi connectivity index (χ3n) is 2.63. The van der Waals surface area contributed by atoms with Gasteiger partial charge in [0.05, 0.1) is 6.54 Å². The van der Waals surface area contributed by atoms with Crippen LogP contribution in [-0.2, 0) is 0 Å². The van der Waals surface area contributed by atoms with Gasteiger partial charge in [0.2, 0.25) is 0 Å². The molecule has 5 heteroatoms. The molecule has 0 radical (unpaired) electrons. The summed E-state index contributed by atoms with van der Waals surface area (Å²) >= 11 is 0. The Hall–Kier alpha value is -0.290. The maximum absolute atomic E-state index is 11.9. The normalized spacial score (nSPS) is 14.4. The van der Waals surface area contributed by atoms with E-state index in [0.29, 0.717) is 6.54 Å². The lowest BCUT2D eigenvalue weighted by Crippen LogP contribution is -2.41. The molecule has 98 valence electrons. The van der Waals surface area contributed by atoms with Crippen molar-refractivity contribution in [2.75, 3.05) is 26.7 Å². The van der Waals surface area contributed by atoms with Crippen molar-refractivity contribution in [1.82, 2.24) is 10.2 Å². The lowest BCUT2D eigenvalue weighted by atomic mass is 10.2. The average molecular weight is 240 g/mol. The fourth-order valence-corrected chi connectivity index (χ4v) is 1.41. The van der Waals surface area contributed by atoms with Crippen molar-refractivity contribution in [2.45, 2.75) is 45.3 Å². The smallest absolute Gasteiger partial charge is 0.307 e. The van der Waals surface area contributed by atoms with E-state index < -0.39 is 12.7 Å². The highest BCUT2D eigenvalue weighted by atomic mass is 19.4. The summed E-state index contributed by atoms with van der Waals surface area (Å²) in [7, 11) is 1.95. The number of halogens is 3. The molecule has 0 aliphatic carbocycles. The Kier molecular flexibility index (Phi) is 7.76. The molecule has 0 rings (SSSR count). The zero-order valence-electron chi connectivity index (χ0n) is 10.4. The maximum Gasteiger partial charge on any atom is 0.401 e. The van der Waals surface area contributed by atoms with Crippen molar-refractivity contribution in [2.24, 2.45) is 0 Å². The molecule has 0 heterocycles. The monoisotopic (exact) mass is 240 g/mol. The summed E-state index contributed by atoms with van der Waals surface area (Å²) in [5, 5.41) is 2.43. The summed E-state index contributed by atoms with van der Waals surface area (Å²) in [5.41, 5.74) is 0. The number of nitrogens with one attached hydrogen (secondary N) is 1. The standard InChI is InChI=1S/C11H23F3N2/c1-4-5-6-7-16(3)10(2)8-15-9-11(12,13)14/h10,15H,4-9H2,1-3H3. The highest BCUT2D eigenvalue weighted by Crippen LogP contribution is 2.12. The summed E-state index contributed by atoms with van der Waals surface area (Å²) in [6.07, 6.45) is -0.668. The van der Waals surface area contributed by atoms with Gasteiger partial charge in [-0.3, -0.25) is 0 Å². The van der Waals surface area contributed by atoms with Gasteiger partial charge in [-0.15, -0.1) is 0 Å². The van der Waals surface area contributed by atoms with Crippen LogP contribution in [0.2, 0.25) is 0 Å². The van der Waals surface area contributed by atoms with Crippen molar-refractivity contribution >= 4 is 0 Å². The summed E-state index contributed by atoms with van der Waals surface area (Å²) in [4.78, 5) is 2.10. The number of hydrogen-bond acceptors (Lipinski definition) is 2. The molecule has 0 aliphatic rings. The Bertz CT molecular complexity index is 171. The van der Waals surface area contributed by atoms with Gasteiger partial charge in [0.15, 0.2) is 0 Å². The molecule has 0 aromatic carbocycles. The molecule has 2 nitrogen and oxygen atoms in total. The maximum atomic E-state index is 11.9. The van der Waals surface area contributed by atoms with E-state index in [1.165, 1.54) is 6.42 Å². The van der Waals surface area contributed by atoms with Crippen molar-refractivity contribution in [3.05, 3.63) is 0 Å². The second-order valence-electron chi connectivity index (χ2n) is 4.28. The van der Waals surface area contributed by atoms with Crippen molar-refractivity contribution in [3.63, 3.8) is 0 Å². The van der Waals surface area contributed by atoms with Gasteiger partial charge in [-0.2, -0.15) is 13.2 Å². The van der Waals surface area contributed by atoms with Crippen LogP contribution in [0, 0.1) is 0 Å². The van der Waals surface area contributed by atoms with Crippen LogP contribution in [0.1, 0.15) is 33.1 Å². The van der Waals surface area contributed by atoms with Gasteiger partial charge in [0.1, 0.15) is 0 Å². The van der Waals surface area contributed by atoms with Gasteiger partial charge < -0.3 is 10.2 Å². The van der Waals surface area contributed by atoms with Crippen LogP contribution in [0.3, 0.4) is 0 Å². The molecule has 0 aromatic rings. The van der Waals surface area contributed by atoms with Gasteiger partial charge in [0, 0.05) is 12.6 Å². The molecule has 1 N–H and O–H groups in total. The molecule has 0 spiro atoms. The van der Waals surface area contributed by atoms with Crippen molar-refractivity contribution < 1.29 is 13.2 Å². The summed E-state index contributed by atoms with van der Waals surface area (Å²) in [6.45, 7) is 4.49. The number of unbranched alkanes of at least 4 members (excludes halogenated alkanes) is 2. The molecule has 0 aromatic heterocycles. The molecule has 0 bridgehead atoms. The van der Waals surface area contributed by atoms with Gasteiger partial charge >= 0.3 is 6.18 Å². The van der Waals surface area contributed by atoms with Gasteiger partial charge in [-0.05, 0) is 26.9 Å². The summed E-state index contributed by atoms with van der Waals surface area (Å²) in [6, 6.07) is 0.138. The molecule has 1 atom stereocenters. The van der Waals surface area contributed by atoms with Crippen molar-refractivity contribution in [1.29, 1.82) is 0 Å². The molecular formula is C11H23F3N2. The quantitative estimate of drug-likeness (QED) is 0.656. The lowest BCUT2D eigenvalue weighted by molar-refractivity contribution is -0.125. The van der Waals surface area contributed by atoms with E-state index in [2.05, 4.69) is 17.1 Å². The lowest BCUT2D eigenvalue weighted by Gasteiger charge is -2.25. The fourth-order valence-electron chi connectivity index (χ4n) is 1.41. The van der Waals surface area contributed by atoms with Crippen LogP contribution < -0.4 is 5.32 Å². The Labute approximate surface area is 96.2 Å². The molecule has 0 amide bonds. The van der Waals surface area contributed by atoms with E-state index in [1.54, 1.807) is 0 Å². The van der Waals surface area contributed by atoms with Gasteiger partial charge in [-0.25, -0.2) is 0 Å². The van der Waals surface area contributed by atoms with E-state index in [9.17, 15) is 13.2 Å². The predicted molar refractivity (Wildman–Crippen MR) is 60.5 cm³/mol. The Morgan fingerprint density at radius 3 is 2.38 bits per heavy atom. The molecular weight excluding hydrogens is 217 g/mol. The minimum atomic E-state index is -4.11. The largest absolute Gasteiger partial charge is 0.401 e. The first-order valence-electron chi connectivity index (χ1n) is 5.84. The molecule has 16 heavy (non-hydrogen) atoms. The Morgan fingerprint density at radius 2 is 1.88 bits per heavy atom. The molecule has 0 aliphatic heterocycles. The zero-order valence-corrected chi connectivity index (χ0v) is 10.4. The highest BCUT2D eigenvalue weighted by Gasteiger charge is 2.26. The number of rotatable bonds is 8. The van der Waals surface area contributed by atoms with E-state index in [1.807, 2.05) is 14.0 Å². The second-order valence-corrected chi connectivity index (χ2v) is 4.28. The first kappa shape index (κ1) is 15.7.